The minimum atomic E-state index is -0.606. The molecule has 24 heavy (non-hydrogen) atoms. The summed E-state index contributed by atoms with van der Waals surface area (Å²) in [7, 11) is 0. The summed E-state index contributed by atoms with van der Waals surface area (Å²) >= 11 is 0. The van der Waals surface area contributed by atoms with E-state index in [1.165, 1.54) is 0 Å². The van der Waals surface area contributed by atoms with E-state index < -0.39 is 6.10 Å². The highest BCUT2D eigenvalue weighted by atomic mass is 16.6. The molecule has 1 aromatic heterocycles. The Morgan fingerprint density at radius 2 is 2.00 bits per heavy atom. The molecule has 126 valence electrons. The predicted molar refractivity (Wildman–Crippen MR) is 93.2 cm³/mol. The number of rotatable bonds is 4. The maximum atomic E-state index is 12.4. The first-order chi connectivity index (χ1) is 11.5. The van der Waals surface area contributed by atoms with Crippen molar-refractivity contribution < 1.29 is 9.63 Å². The number of hydrogen-bond donors (Lipinski definition) is 1. The Labute approximate surface area is 141 Å². The number of nitrogens with one attached hydrogen (secondary N) is 1. The first kappa shape index (κ1) is 16.2. The second-order valence-electron chi connectivity index (χ2n) is 6.19. The second-order valence-corrected chi connectivity index (χ2v) is 6.19. The maximum Gasteiger partial charge on any atom is 0.268 e. The summed E-state index contributed by atoms with van der Waals surface area (Å²) in [5.74, 6) is -0.181. The first-order valence-corrected chi connectivity index (χ1v) is 8.12. The van der Waals surface area contributed by atoms with Gasteiger partial charge in [0.25, 0.3) is 5.91 Å². The fourth-order valence-electron chi connectivity index (χ4n) is 2.91. The number of aromatic nitrogens is 2. The Bertz CT molecular complexity index is 787. The summed E-state index contributed by atoms with van der Waals surface area (Å²) in [6.45, 7) is 8.77. The number of carbonyl (C=O) groups is 1. The predicted octanol–water partition coefficient (Wildman–Crippen LogP) is 2.96. The van der Waals surface area contributed by atoms with Crippen molar-refractivity contribution in [3.05, 3.63) is 46.8 Å². The Morgan fingerprint density at radius 3 is 2.62 bits per heavy atom. The fourth-order valence-corrected chi connectivity index (χ4v) is 2.91. The van der Waals surface area contributed by atoms with Gasteiger partial charge in [0.05, 0.1) is 11.4 Å². The highest BCUT2D eigenvalue weighted by Crippen LogP contribution is 2.21. The Hall–Kier alpha value is -2.63. The van der Waals surface area contributed by atoms with Gasteiger partial charge in [-0.1, -0.05) is 11.2 Å². The van der Waals surface area contributed by atoms with E-state index in [-0.39, 0.29) is 5.91 Å². The molecule has 1 amide bonds. The van der Waals surface area contributed by atoms with Crippen LogP contribution in [0.3, 0.4) is 0 Å². The van der Waals surface area contributed by atoms with Crippen molar-refractivity contribution in [1.82, 2.24) is 9.78 Å². The van der Waals surface area contributed by atoms with Gasteiger partial charge in [-0.2, -0.15) is 5.10 Å². The van der Waals surface area contributed by atoms with Gasteiger partial charge in [-0.05, 0) is 51.0 Å². The van der Waals surface area contributed by atoms with Crippen LogP contribution in [-0.2, 0) is 16.2 Å². The van der Waals surface area contributed by atoms with E-state index in [0.717, 1.165) is 40.3 Å². The Morgan fingerprint density at radius 1 is 1.29 bits per heavy atom. The molecule has 0 saturated heterocycles. The van der Waals surface area contributed by atoms with Crippen LogP contribution in [0.1, 0.15) is 35.7 Å². The highest BCUT2D eigenvalue weighted by Gasteiger charge is 2.30. The molecule has 1 N–H and O–H groups in total. The molecule has 3 rings (SSSR count). The minimum absolute atomic E-state index is 0.181. The van der Waals surface area contributed by atoms with E-state index in [2.05, 4.69) is 21.6 Å². The third kappa shape index (κ3) is 3.32. The number of hydrogen-bond acceptors (Lipinski definition) is 4. The smallest absolute Gasteiger partial charge is 0.268 e. The number of oxime groups is 1. The quantitative estimate of drug-likeness (QED) is 0.939. The summed E-state index contributed by atoms with van der Waals surface area (Å²) < 4.78 is 1.86. The molecule has 1 aromatic carbocycles. The van der Waals surface area contributed by atoms with Gasteiger partial charge in [0, 0.05) is 30.4 Å². The molecular formula is C18H22N4O2. The van der Waals surface area contributed by atoms with E-state index in [0.29, 0.717) is 6.42 Å². The van der Waals surface area contributed by atoms with Gasteiger partial charge in [0.2, 0.25) is 6.10 Å². The van der Waals surface area contributed by atoms with Crippen molar-refractivity contribution in [1.29, 1.82) is 0 Å². The third-order valence-corrected chi connectivity index (χ3v) is 4.03. The Balaban J connectivity index is 1.67. The lowest BCUT2D eigenvalue weighted by molar-refractivity contribution is -0.125. The number of nitrogens with zero attached hydrogens (tertiary/aromatic N) is 3. The van der Waals surface area contributed by atoms with Crippen molar-refractivity contribution in [3.63, 3.8) is 0 Å². The molecule has 1 unspecified atom stereocenters. The van der Waals surface area contributed by atoms with Gasteiger partial charge in [-0.25, -0.2) is 0 Å². The molecule has 0 bridgehead atoms. The number of carbonyl (C=O) groups excluding carboxylic acids is 1. The standard InChI is InChI=1S/C18H22N4O2/c1-5-22-10-15(13(4)20-22)16-9-17(24-21-16)18(23)19-14-7-11(2)6-12(3)8-14/h6-8,10,17H,5,9H2,1-4H3,(H,19,23). The molecule has 0 spiro atoms. The van der Waals surface area contributed by atoms with E-state index in [1.807, 2.05) is 50.7 Å². The SMILES string of the molecule is CCn1cc(C2=NOC(C(=O)Nc3cc(C)cc(C)c3)C2)c(C)n1. The van der Waals surface area contributed by atoms with Crippen LogP contribution < -0.4 is 5.32 Å². The Kier molecular flexibility index (Phi) is 4.38. The largest absolute Gasteiger partial charge is 0.382 e. The van der Waals surface area contributed by atoms with Crippen LogP contribution in [0.5, 0.6) is 0 Å². The third-order valence-electron chi connectivity index (χ3n) is 4.03. The first-order valence-electron chi connectivity index (χ1n) is 8.12. The van der Waals surface area contributed by atoms with Crippen LogP contribution in [0.2, 0.25) is 0 Å². The van der Waals surface area contributed by atoms with Gasteiger partial charge in [-0.15, -0.1) is 0 Å². The number of benzene rings is 1. The van der Waals surface area contributed by atoms with Crippen molar-refractivity contribution >= 4 is 17.3 Å². The maximum absolute atomic E-state index is 12.4. The van der Waals surface area contributed by atoms with E-state index >= 15 is 0 Å². The highest BCUT2D eigenvalue weighted by molar-refractivity contribution is 6.06. The molecule has 1 aliphatic heterocycles. The molecule has 0 aliphatic carbocycles. The zero-order valence-electron chi connectivity index (χ0n) is 14.5. The van der Waals surface area contributed by atoms with Gasteiger partial charge in [-0.3, -0.25) is 9.48 Å². The van der Waals surface area contributed by atoms with Crippen LogP contribution in [-0.4, -0.2) is 27.5 Å². The molecule has 2 heterocycles. The summed E-state index contributed by atoms with van der Waals surface area (Å²) in [6.07, 6.45) is 1.79. The van der Waals surface area contributed by atoms with E-state index in [4.69, 9.17) is 4.84 Å². The van der Waals surface area contributed by atoms with Crippen molar-refractivity contribution in [2.75, 3.05) is 5.32 Å². The average molecular weight is 326 g/mol. The summed E-state index contributed by atoms with van der Waals surface area (Å²) in [6, 6.07) is 5.95. The van der Waals surface area contributed by atoms with Crippen LogP contribution >= 0.6 is 0 Å². The lowest BCUT2D eigenvalue weighted by Crippen LogP contribution is -2.28. The van der Waals surface area contributed by atoms with Crippen LogP contribution in [0.25, 0.3) is 0 Å². The monoisotopic (exact) mass is 326 g/mol. The lowest BCUT2D eigenvalue weighted by atomic mass is 10.1. The topological polar surface area (TPSA) is 68.5 Å². The van der Waals surface area contributed by atoms with Crippen LogP contribution in [0, 0.1) is 20.8 Å². The average Bonchev–Trinajstić information content (AvgIpc) is 3.12. The van der Waals surface area contributed by atoms with Crippen molar-refractivity contribution in [2.24, 2.45) is 5.16 Å². The molecule has 1 atom stereocenters. The normalized spacial score (nSPS) is 16.7. The minimum Gasteiger partial charge on any atom is -0.382 e. The van der Waals surface area contributed by atoms with Crippen LogP contribution in [0.15, 0.2) is 29.6 Å². The molecule has 6 heteroatoms. The molecule has 0 saturated carbocycles. The number of aryl methyl sites for hydroxylation is 4. The van der Waals surface area contributed by atoms with Crippen molar-refractivity contribution in [3.8, 4) is 0 Å². The molecule has 0 radical (unpaired) electrons. The molecule has 2 aromatic rings. The van der Waals surface area contributed by atoms with Gasteiger partial charge >= 0.3 is 0 Å². The molecule has 0 fully saturated rings. The second kappa shape index (κ2) is 6.47. The van der Waals surface area contributed by atoms with E-state index in [9.17, 15) is 4.79 Å². The summed E-state index contributed by atoms with van der Waals surface area (Å²) in [5, 5.41) is 11.4. The summed E-state index contributed by atoms with van der Waals surface area (Å²) in [4.78, 5) is 17.8. The van der Waals surface area contributed by atoms with Gasteiger partial charge in [0.15, 0.2) is 0 Å². The summed E-state index contributed by atoms with van der Waals surface area (Å²) in [5.41, 5.74) is 5.61. The zero-order valence-corrected chi connectivity index (χ0v) is 14.5. The lowest BCUT2D eigenvalue weighted by Gasteiger charge is -2.10. The molecular weight excluding hydrogens is 304 g/mol. The van der Waals surface area contributed by atoms with Gasteiger partial charge < -0.3 is 10.2 Å². The molecule has 1 aliphatic rings. The van der Waals surface area contributed by atoms with Crippen molar-refractivity contribution in [2.45, 2.75) is 46.8 Å². The van der Waals surface area contributed by atoms with Crippen LogP contribution in [0.4, 0.5) is 5.69 Å². The fraction of sp³-hybridized carbons (Fsp3) is 0.389. The number of anilines is 1. The molecule has 6 nitrogen and oxygen atoms in total. The number of amides is 1. The van der Waals surface area contributed by atoms with E-state index in [1.54, 1.807) is 0 Å². The van der Waals surface area contributed by atoms with Gasteiger partial charge in [0.1, 0.15) is 0 Å². The zero-order chi connectivity index (χ0) is 17.3.